The number of unbranched alkanes of at least 4 members (excludes halogenated alkanes) is 1. The van der Waals surface area contributed by atoms with Crippen LogP contribution >= 0.6 is 0 Å². The summed E-state index contributed by atoms with van der Waals surface area (Å²) >= 11 is 0. The van der Waals surface area contributed by atoms with Crippen molar-refractivity contribution in [2.45, 2.75) is 32.1 Å². The molecule has 5 rings (SSSR count). The maximum absolute atomic E-state index is 9.10. The molecule has 0 bridgehead atoms. The first-order valence-electron chi connectivity index (χ1n) is 11.5. The van der Waals surface area contributed by atoms with Crippen LogP contribution < -0.4 is 5.32 Å². The van der Waals surface area contributed by atoms with E-state index in [-0.39, 0.29) is 13.2 Å². The first kappa shape index (κ1) is 21.4. The van der Waals surface area contributed by atoms with E-state index in [1.54, 1.807) is 0 Å². The Kier molecular flexibility index (Phi) is 6.20. The molecule has 3 N–H and O–H groups in total. The number of aliphatic imine (C=N–C) groups is 1. The molecule has 7 heteroatoms. The molecule has 168 valence electrons. The summed E-state index contributed by atoms with van der Waals surface area (Å²) in [4.78, 5) is 13.8. The molecule has 0 amide bonds. The molecule has 3 aromatic rings. The predicted octanol–water partition coefficient (Wildman–Crippen LogP) is 3.52. The molecule has 2 aliphatic rings. The molecule has 0 atom stereocenters. The smallest absolute Gasteiger partial charge is 0.180 e. The second-order valence-corrected chi connectivity index (χ2v) is 8.43. The highest BCUT2D eigenvalue weighted by Gasteiger charge is 2.29. The molecular formula is C26H27N5O2. The number of fused-ring (bicyclic) bond motifs is 1. The van der Waals surface area contributed by atoms with Gasteiger partial charge in [-0.25, -0.2) is 9.97 Å². The van der Waals surface area contributed by atoms with Crippen LogP contribution in [0.25, 0.3) is 22.5 Å². The highest BCUT2D eigenvalue weighted by atomic mass is 16.3. The maximum Gasteiger partial charge on any atom is 0.180 e. The minimum Gasteiger partial charge on any atom is -0.396 e. The van der Waals surface area contributed by atoms with Crippen LogP contribution in [0, 0.1) is 17.8 Å². The van der Waals surface area contributed by atoms with Crippen LogP contribution in [0.4, 0.5) is 5.82 Å². The molecule has 0 saturated heterocycles. The van der Waals surface area contributed by atoms with Crippen LogP contribution in [-0.4, -0.2) is 50.1 Å². The van der Waals surface area contributed by atoms with Gasteiger partial charge >= 0.3 is 0 Å². The third-order valence-electron chi connectivity index (χ3n) is 6.02. The zero-order chi connectivity index (χ0) is 22.6. The van der Waals surface area contributed by atoms with Crippen molar-refractivity contribution < 1.29 is 10.2 Å². The van der Waals surface area contributed by atoms with Crippen molar-refractivity contribution in [3.63, 3.8) is 0 Å². The number of allylic oxidation sites excluding steroid dienone is 1. The summed E-state index contributed by atoms with van der Waals surface area (Å²) in [6.07, 6.45) is 10.8. The average molecular weight is 442 g/mol. The Balaban J connectivity index is 1.42. The van der Waals surface area contributed by atoms with Gasteiger partial charge in [0.15, 0.2) is 11.5 Å². The number of benzene rings is 1. The maximum atomic E-state index is 9.10. The fourth-order valence-electron chi connectivity index (χ4n) is 4.10. The minimum absolute atomic E-state index is 0.168. The van der Waals surface area contributed by atoms with E-state index in [4.69, 9.17) is 10.2 Å². The number of aliphatic hydroxyl groups is 2. The van der Waals surface area contributed by atoms with Gasteiger partial charge in [-0.3, -0.25) is 9.39 Å². The van der Waals surface area contributed by atoms with Crippen LogP contribution in [0.2, 0.25) is 0 Å². The van der Waals surface area contributed by atoms with E-state index >= 15 is 0 Å². The van der Waals surface area contributed by atoms with Crippen LogP contribution in [-0.2, 0) is 0 Å². The van der Waals surface area contributed by atoms with Crippen molar-refractivity contribution in [2.24, 2.45) is 10.9 Å². The number of nitrogens with zero attached hydrogens (tertiary/aromatic N) is 4. The van der Waals surface area contributed by atoms with E-state index in [0.717, 1.165) is 30.5 Å². The van der Waals surface area contributed by atoms with Gasteiger partial charge in [0.05, 0.1) is 11.9 Å². The zero-order valence-electron chi connectivity index (χ0n) is 18.5. The number of aliphatic hydroxyl groups excluding tert-OH is 2. The number of anilines is 1. The van der Waals surface area contributed by atoms with Gasteiger partial charge in [0.2, 0.25) is 0 Å². The van der Waals surface area contributed by atoms with E-state index < -0.39 is 0 Å². The quantitative estimate of drug-likeness (QED) is 0.367. The molecule has 3 heterocycles. The van der Waals surface area contributed by atoms with Crippen molar-refractivity contribution in [3.8, 4) is 23.1 Å². The second kappa shape index (κ2) is 9.57. The van der Waals surface area contributed by atoms with Crippen LogP contribution in [0.3, 0.4) is 0 Å². The summed E-state index contributed by atoms with van der Waals surface area (Å²) < 4.78 is 1.99. The standard InChI is InChI=1S/C26H27N5O2/c32-12-2-1-11-27-25-26-29-16-24(31(26)17-22(30-25)4-3-13-33)20-9-5-18(6-10-20)21-14-23(28-15-21)19-7-8-19/h5-6,9-10,15-17,19,32-33H,1-2,7-8,11-14H2,(H,27,30). The first-order valence-corrected chi connectivity index (χ1v) is 11.5. The van der Waals surface area contributed by atoms with Crippen molar-refractivity contribution in [1.29, 1.82) is 0 Å². The topological polar surface area (TPSA) is 95.0 Å². The molecule has 1 aliphatic carbocycles. The summed E-state index contributed by atoms with van der Waals surface area (Å²) in [5, 5.41) is 21.4. The molecular weight excluding hydrogens is 414 g/mol. The molecule has 1 fully saturated rings. The summed E-state index contributed by atoms with van der Waals surface area (Å²) in [5.41, 5.74) is 7.08. The lowest BCUT2D eigenvalue weighted by Crippen LogP contribution is -2.07. The largest absolute Gasteiger partial charge is 0.396 e. The number of hydrogen-bond donors (Lipinski definition) is 3. The highest BCUT2D eigenvalue weighted by Crippen LogP contribution is 2.37. The lowest BCUT2D eigenvalue weighted by atomic mass is 9.99. The third kappa shape index (κ3) is 4.68. The monoisotopic (exact) mass is 441 g/mol. The van der Waals surface area contributed by atoms with Crippen molar-refractivity contribution in [2.75, 3.05) is 25.1 Å². The van der Waals surface area contributed by atoms with Gasteiger partial charge in [0.25, 0.3) is 0 Å². The normalized spacial score (nSPS) is 15.2. The van der Waals surface area contributed by atoms with E-state index in [1.165, 1.54) is 29.7 Å². The first-order chi connectivity index (χ1) is 16.3. The van der Waals surface area contributed by atoms with E-state index in [1.807, 2.05) is 23.0 Å². The van der Waals surface area contributed by atoms with Gasteiger partial charge in [0, 0.05) is 43.2 Å². The Morgan fingerprint density at radius 3 is 2.67 bits per heavy atom. The second-order valence-electron chi connectivity index (χ2n) is 8.43. The lowest BCUT2D eigenvalue weighted by Gasteiger charge is -2.09. The molecule has 33 heavy (non-hydrogen) atoms. The fourth-order valence-corrected chi connectivity index (χ4v) is 4.10. The molecule has 2 aromatic heterocycles. The summed E-state index contributed by atoms with van der Waals surface area (Å²) in [7, 11) is 0. The summed E-state index contributed by atoms with van der Waals surface area (Å²) in [5.74, 6) is 6.92. The number of aromatic nitrogens is 3. The molecule has 0 spiro atoms. The van der Waals surface area contributed by atoms with Gasteiger partial charge in [-0.1, -0.05) is 30.2 Å². The number of rotatable bonds is 8. The molecule has 0 radical (unpaired) electrons. The Morgan fingerprint density at radius 2 is 1.91 bits per heavy atom. The lowest BCUT2D eigenvalue weighted by molar-refractivity contribution is 0.286. The fraction of sp³-hybridized carbons (Fsp3) is 0.346. The van der Waals surface area contributed by atoms with Crippen LogP contribution in [0.1, 0.15) is 43.4 Å². The summed E-state index contributed by atoms with van der Waals surface area (Å²) in [6.45, 7) is 0.622. The van der Waals surface area contributed by atoms with E-state index in [2.05, 4.69) is 56.4 Å². The predicted molar refractivity (Wildman–Crippen MR) is 130 cm³/mol. The molecule has 1 aliphatic heterocycles. The van der Waals surface area contributed by atoms with E-state index in [0.29, 0.717) is 29.6 Å². The molecule has 1 aromatic carbocycles. The Labute approximate surface area is 192 Å². The minimum atomic E-state index is -0.223. The van der Waals surface area contributed by atoms with Crippen molar-refractivity contribution in [1.82, 2.24) is 14.4 Å². The Hall–Kier alpha value is -3.47. The van der Waals surface area contributed by atoms with Gasteiger partial charge < -0.3 is 15.5 Å². The molecule has 7 nitrogen and oxygen atoms in total. The number of imidazole rings is 1. The van der Waals surface area contributed by atoms with Crippen molar-refractivity contribution >= 4 is 22.7 Å². The van der Waals surface area contributed by atoms with Gasteiger partial charge in [-0.05, 0) is 48.7 Å². The van der Waals surface area contributed by atoms with Crippen molar-refractivity contribution in [3.05, 3.63) is 54.1 Å². The van der Waals surface area contributed by atoms with Gasteiger partial charge in [-0.15, -0.1) is 0 Å². The highest BCUT2D eigenvalue weighted by molar-refractivity contribution is 6.00. The number of hydrogen-bond acceptors (Lipinski definition) is 6. The third-order valence-corrected chi connectivity index (χ3v) is 6.02. The molecule has 0 unspecified atom stereocenters. The Morgan fingerprint density at radius 1 is 1.09 bits per heavy atom. The van der Waals surface area contributed by atoms with Crippen LogP contribution in [0.15, 0.2) is 47.9 Å². The molecule has 1 saturated carbocycles. The average Bonchev–Trinajstić information content (AvgIpc) is 3.41. The number of nitrogens with one attached hydrogen (secondary N) is 1. The van der Waals surface area contributed by atoms with Gasteiger partial charge in [-0.2, -0.15) is 0 Å². The Bertz CT molecular complexity index is 1270. The SMILES string of the molecule is OCC#Cc1cn2c(-c3ccc(C4=CN=C(C5CC5)C4)cc3)cnc2c(NCCCCO)n1. The van der Waals surface area contributed by atoms with Gasteiger partial charge in [0.1, 0.15) is 12.3 Å². The zero-order valence-corrected chi connectivity index (χ0v) is 18.5. The van der Waals surface area contributed by atoms with Crippen LogP contribution in [0.5, 0.6) is 0 Å². The summed E-state index contributed by atoms with van der Waals surface area (Å²) in [6, 6.07) is 8.52. The van der Waals surface area contributed by atoms with E-state index in [9.17, 15) is 0 Å².